The molecule has 1 unspecified atom stereocenters. The number of aliphatic imine (C=N–C) groups is 1. The molecule has 0 radical (unpaired) electrons. The van der Waals surface area contributed by atoms with Crippen molar-refractivity contribution in [3.63, 3.8) is 0 Å². The minimum atomic E-state index is 0.255. The van der Waals surface area contributed by atoms with Crippen LogP contribution in [0.2, 0.25) is 0 Å². The van der Waals surface area contributed by atoms with Gasteiger partial charge in [0.05, 0.1) is 5.71 Å². The minimum Gasteiger partial charge on any atom is -0.272 e. The predicted octanol–water partition coefficient (Wildman–Crippen LogP) is 2.93. The van der Waals surface area contributed by atoms with Gasteiger partial charge in [-0.1, -0.05) is 29.8 Å². The molecule has 1 aliphatic heterocycles. The molecule has 2 heterocycles. The van der Waals surface area contributed by atoms with Gasteiger partial charge in [-0.25, -0.2) is 0 Å². The van der Waals surface area contributed by atoms with Crippen molar-refractivity contribution in [2.24, 2.45) is 4.99 Å². The maximum atomic E-state index is 4.51. The smallest absolute Gasteiger partial charge is 0.118 e. The van der Waals surface area contributed by atoms with Crippen molar-refractivity contribution in [3.05, 3.63) is 65.5 Å². The zero-order valence-electron chi connectivity index (χ0n) is 9.09. The van der Waals surface area contributed by atoms with Crippen molar-refractivity contribution in [2.75, 3.05) is 0 Å². The number of hydrogen-bond donors (Lipinski definition) is 0. The normalized spacial score (nSPS) is 18.1. The Bertz CT molecular complexity index is 526. The molecule has 16 heavy (non-hydrogen) atoms. The molecule has 78 valence electrons. The van der Waals surface area contributed by atoms with E-state index in [0.29, 0.717) is 0 Å². The summed E-state index contributed by atoms with van der Waals surface area (Å²) in [4.78, 5) is 8.53. The van der Waals surface area contributed by atoms with Crippen LogP contribution in [-0.4, -0.2) is 10.7 Å². The molecule has 1 aromatic carbocycles. The number of pyridine rings is 1. The average Bonchev–Trinajstić information content (AvgIpc) is 3.11. The second-order valence-electron chi connectivity index (χ2n) is 4.06. The summed E-state index contributed by atoms with van der Waals surface area (Å²) in [5, 5.41) is 0. The molecule has 0 N–H and O–H groups in total. The molecule has 2 aromatic rings. The number of rotatable bonds is 2. The third kappa shape index (κ3) is 1.63. The Labute approximate surface area is 94.7 Å². The van der Waals surface area contributed by atoms with Crippen LogP contribution in [0.3, 0.4) is 0 Å². The van der Waals surface area contributed by atoms with Gasteiger partial charge in [-0.3, -0.25) is 9.98 Å². The highest BCUT2D eigenvalue weighted by Gasteiger charge is 2.30. The molecular weight excluding hydrogens is 196 g/mol. The van der Waals surface area contributed by atoms with Crippen molar-refractivity contribution in [1.29, 1.82) is 0 Å². The quantitative estimate of drug-likeness (QED) is 0.744. The van der Waals surface area contributed by atoms with Crippen molar-refractivity contribution in [3.8, 4) is 0 Å². The first-order valence-electron chi connectivity index (χ1n) is 5.39. The van der Waals surface area contributed by atoms with E-state index in [9.17, 15) is 0 Å². The summed E-state index contributed by atoms with van der Waals surface area (Å²) in [5.41, 5.74) is 4.93. The number of aryl methyl sites for hydroxylation is 1. The standard InChI is InChI=1S/C14H12N2/c1-10-2-4-11(5-3-10)13-14(16-13)12-6-8-15-9-7-12/h2-9,14H,1H3. The summed E-state index contributed by atoms with van der Waals surface area (Å²) in [6.07, 6.45) is 3.63. The highest BCUT2D eigenvalue weighted by molar-refractivity contribution is 6.13. The van der Waals surface area contributed by atoms with E-state index in [4.69, 9.17) is 0 Å². The first kappa shape index (κ1) is 9.28. The minimum absolute atomic E-state index is 0.255. The molecular formula is C14H12N2. The van der Waals surface area contributed by atoms with E-state index in [0.717, 1.165) is 0 Å². The van der Waals surface area contributed by atoms with Crippen LogP contribution < -0.4 is 0 Å². The average molecular weight is 208 g/mol. The zero-order valence-corrected chi connectivity index (χ0v) is 9.09. The Morgan fingerprint density at radius 1 is 0.938 bits per heavy atom. The number of nitrogens with zero attached hydrogens (tertiary/aromatic N) is 2. The van der Waals surface area contributed by atoms with Gasteiger partial charge in [-0.2, -0.15) is 0 Å². The van der Waals surface area contributed by atoms with Crippen LogP contribution in [0.15, 0.2) is 53.8 Å². The fraction of sp³-hybridized carbons (Fsp3) is 0.143. The number of benzene rings is 1. The first-order chi connectivity index (χ1) is 7.84. The monoisotopic (exact) mass is 208 g/mol. The van der Waals surface area contributed by atoms with Crippen LogP contribution in [0.4, 0.5) is 0 Å². The highest BCUT2D eigenvalue weighted by atomic mass is 15.0. The van der Waals surface area contributed by atoms with E-state index < -0.39 is 0 Å². The molecule has 1 aromatic heterocycles. The van der Waals surface area contributed by atoms with Gasteiger partial charge >= 0.3 is 0 Å². The molecule has 2 heteroatoms. The Kier molecular flexibility index (Phi) is 2.07. The van der Waals surface area contributed by atoms with Crippen LogP contribution in [0.25, 0.3) is 0 Å². The summed E-state index contributed by atoms with van der Waals surface area (Å²) in [5.74, 6) is 0. The van der Waals surface area contributed by atoms with Gasteiger partial charge in [-0.15, -0.1) is 0 Å². The second-order valence-corrected chi connectivity index (χ2v) is 4.06. The van der Waals surface area contributed by atoms with Gasteiger partial charge in [0.1, 0.15) is 6.04 Å². The van der Waals surface area contributed by atoms with Crippen LogP contribution in [0.1, 0.15) is 22.7 Å². The summed E-state index contributed by atoms with van der Waals surface area (Å²) in [6, 6.07) is 12.8. The van der Waals surface area contributed by atoms with Crippen LogP contribution >= 0.6 is 0 Å². The number of hydrogen-bond acceptors (Lipinski definition) is 2. The summed E-state index contributed by atoms with van der Waals surface area (Å²) in [7, 11) is 0. The fourth-order valence-electron chi connectivity index (χ4n) is 1.84. The summed E-state index contributed by atoms with van der Waals surface area (Å²) >= 11 is 0. The van der Waals surface area contributed by atoms with Crippen molar-refractivity contribution >= 4 is 5.71 Å². The fourth-order valence-corrected chi connectivity index (χ4v) is 1.84. The zero-order chi connectivity index (χ0) is 11.0. The van der Waals surface area contributed by atoms with Crippen LogP contribution in [-0.2, 0) is 0 Å². The molecule has 1 atom stereocenters. The Morgan fingerprint density at radius 3 is 2.31 bits per heavy atom. The predicted molar refractivity (Wildman–Crippen MR) is 64.7 cm³/mol. The van der Waals surface area contributed by atoms with Crippen molar-refractivity contribution in [2.45, 2.75) is 13.0 Å². The van der Waals surface area contributed by atoms with Crippen LogP contribution in [0, 0.1) is 6.92 Å². The van der Waals surface area contributed by atoms with Gasteiger partial charge < -0.3 is 0 Å². The third-order valence-corrected chi connectivity index (χ3v) is 2.83. The molecule has 0 saturated carbocycles. The largest absolute Gasteiger partial charge is 0.272 e. The van der Waals surface area contributed by atoms with Crippen molar-refractivity contribution < 1.29 is 0 Å². The van der Waals surface area contributed by atoms with E-state index in [-0.39, 0.29) is 6.04 Å². The van der Waals surface area contributed by atoms with E-state index in [1.165, 1.54) is 22.4 Å². The van der Waals surface area contributed by atoms with Gasteiger partial charge in [0.15, 0.2) is 0 Å². The molecule has 0 bridgehead atoms. The molecule has 2 nitrogen and oxygen atoms in total. The molecule has 0 spiro atoms. The Balaban J connectivity index is 1.81. The van der Waals surface area contributed by atoms with Gasteiger partial charge in [-0.05, 0) is 30.2 Å². The molecule has 0 saturated heterocycles. The van der Waals surface area contributed by atoms with Gasteiger partial charge in [0.2, 0.25) is 0 Å². The molecule has 0 aliphatic carbocycles. The number of aromatic nitrogens is 1. The lowest BCUT2D eigenvalue weighted by Crippen LogP contribution is -1.93. The summed E-state index contributed by atoms with van der Waals surface area (Å²) in [6.45, 7) is 2.10. The first-order valence-corrected chi connectivity index (χ1v) is 5.39. The maximum Gasteiger partial charge on any atom is 0.118 e. The highest BCUT2D eigenvalue weighted by Crippen LogP contribution is 2.34. The SMILES string of the molecule is Cc1ccc(C2=NC2c2ccncc2)cc1. The lowest BCUT2D eigenvalue weighted by Gasteiger charge is -1.98. The maximum absolute atomic E-state index is 4.51. The van der Waals surface area contributed by atoms with E-state index in [1.54, 1.807) is 0 Å². The van der Waals surface area contributed by atoms with E-state index in [2.05, 4.69) is 41.2 Å². The molecule has 0 amide bonds. The van der Waals surface area contributed by atoms with Crippen molar-refractivity contribution in [1.82, 2.24) is 4.98 Å². The van der Waals surface area contributed by atoms with Gasteiger partial charge in [0.25, 0.3) is 0 Å². The van der Waals surface area contributed by atoms with E-state index in [1.807, 2.05) is 24.5 Å². The summed E-state index contributed by atoms with van der Waals surface area (Å²) < 4.78 is 0. The Hall–Kier alpha value is -1.96. The molecule has 0 fully saturated rings. The lowest BCUT2D eigenvalue weighted by molar-refractivity contribution is 1.11. The lowest BCUT2D eigenvalue weighted by atomic mass is 10.0. The topological polar surface area (TPSA) is 25.2 Å². The third-order valence-electron chi connectivity index (χ3n) is 2.83. The van der Waals surface area contributed by atoms with Gasteiger partial charge in [0, 0.05) is 12.4 Å². The van der Waals surface area contributed by atoms with Crippen LogP contribution in [0.5, 0.6) is 0 Å². The molecule has 3 rings (SSSR count). The Morgan fingerprint density at radius 2 is 1.62 bits per heavy atom. The second kappa shape index (κ2) is 3.56. The molecule has 1 aliphatic rings. The van der Waals surface area contributed by atoms with E-state index >= 15 is 0 Å².